The molecule has 0 N–H and O–H groups in total. The lowest BCUT2D eigenvalue weighted by Gasteiger charge is -2.24. The number of benzene rings is 5. The van der Waals surface area contributed by atoms with E-state index in [1.54, 1.807) is 0 Å². The van der Waals surface area contributed by atoms with Crippen LogP contribution in [0.3, 0.4) is 0 Å². The molecule has 8 aromatic rings. The summed E-state index contributed by atoms with van der Waals surface area (Å²) < 4.78 is 9.12. The minimum absolute atomic E-state index is 0.282. The molecule has 0 bridgehead atoms. The van der Waals surface area contributed by atoms with Gasteiger partial charge in [-0.15, -0.1) is 0 Å². The van der Waals surface area contributed by atoms with Crippen molar-refractivity contribution in [2.24, 2.45) is 0 Å². The molecule has 5 aromatic carbocycles. The average molecular weight is 626 g/mol. The van der Waals surface area contributed by atoms with Crippen LogP contribution in [-0.2, 0) is 0 Å². The van der Waals surface area contributed by atoms with Crippen molar-refractivity contribution < 1.29 is 4.42 Å². The van der Waals surface area contributed by atoms with Crippen LogP contribution in [0.1, 0.15) is 61.8 Å². The van der Waals surface area contributed by atoms with Gasteiger partial charge in [-0.3, -0.25) is 4.57 Å². The van der Waals surface area contributed by atoms with E-state index in [9.17, 15) is 0 Å². The Kier molecular flexibility index (Phi) is 7.25. The molecule has 0 saturated heterocycles. The van der Waals surface area contributed by atoms with Crippen LogP contribution < -0.4 is 0 Å². The lowest BCUT2D eigenvalue weighted by molar-refractivity contribution is 0.655. The van der Waals surface area contributed by atoms with Crippen molar-refractivity contribution in [2.75, 3.05) is 0 Å². The Morgan fingerprint density at radius 1 is 0.604 bits per heavy atom. The van der Waals surface area contributed by atoms with Gasteiger partial charge in [0.25, 0.3) is 0 Å². The molecular formula is C44H39N3O. The second-order valence-electron chi connectivity index (χ2n) is 13.5. The van der Waals surface area contributed by atoms with Gasteiger partial charge in [-0.2, -0.15) is 0 Å². The fourth-order valence-electron chi connectivity index (χ4n) is 7.26. The first-order chi connectivity index (χ1) is 23.3. The van der Waals surface area contributed by atoms with Gasteiger partial charge in [-0.1, -0.05) is 100 Å². The van der Waals surface area contributed by atoms with Gasteiger partial charge in [0.1, 0.15) is 11.4 Å². The van der Waals surface area contributed by atoms with Crippen LogP contribution in [0, 0.1) is 13.8 Å². The highest BCUT2D eigenvalue weighted by Gasteiger charge is 2.25. The summed E-state index contributed by atoms with van der Waals surface area (Å²) >= 11 is 0. The SMILES string of the molecule is Cc1cccc(C)c1-c1ccc2c(n1)oc1c(-c3nc4ccccc4n3-c3c(C(C)C)cc(-c4ccccc4)cc3C(C)C)cccc12. The minimum atomic E-state index is 0.282. The number of pyridine rings is 1. The summed E-state index contributed by atoms with van der Waals surface area (Å²) in [5.74, 6) is 1.43. The smallest absolute Gasteiger partial charge is 0.227 e. The molecule has 0 unspecified atom stereocenters. The Balaban J connectivity index is 1.41. The lowest BCUT2D eigenvalue weighted by atomic mass is 9.88. The zero-order valence-electron chi connectivity index (χ0n) is 28.4. The maximum Gasteiger partial charge on any atom is 0.227 e. The molecule has 4 nitrogen and oxygen atoms in total. The molecule has 0 aliphatic heterocycles. The van der Waals surface area contributed by atoms with Gasteiger partial charge in [0.2, 0.25) is 5.71 Å². The maximum absolute atomic E-state index is 6.73. The van der Waals surface area contributed by atoms with Crippen LogP contribution >= 0.6 is 0 Å². The number of hydrogen-bond donors (Lipinski definition) is 0. The van der Waals surface area contributed by atoms with Crippen molar-refractivity contribution in [1.29, 1.82) is 0 Å². The molecule has 0 aliphatic carbocycles. The Bertz CT molecular complexity index is 2430. The highest BCUT2D eigenvalue weighted by atomic mass is 16.3. The van der Waals surface area contributed by atoms with Gasteiger partial charge in [-0.05, 0) is 102 Å². The first-order valence-corrected chi connectivity index (χ1v) is 16.9. The van der Waals surface area contributed by atoms with E-state index in [-0.39, 0.29) is 11.8 Å². The van der Waals surface area contributed by atoms with Crippen molar-refractivity contribution in [3.8, 4) is 39.5 Å². The zero-order valence-corrected chi connectivity index (χ0v) is 28.4. The molecule has 3 aromatic heterocycles. The molecule has 0 atom stereocenters. The number of furan rings is 1. The van der Waals surface area contributed by atoms with Gasteiger partial charge >= 0.3 is 0 Å². The summed E-state index contributed by atoms with van der Waals surface area (Å²) in [6.07, 6.45) is 0. The molecule has 48 heavy (non-hydrogen) atoms. The summed E-state index contributed by atoms with van der Waals surface area (Å²) in [5, 5.41) is 2.04. The van der Waals surface area contributed by atoms with E-state index in [0.717, 1.165) is 50.0 Å². The number of hydrogen-bond acceptors (Lipinski definition) is 3. The molecule has 0 fully saturated rings. The number of para-hydroxylation sites is 3. The number of rotatable bonds is 6. The fraction of sp³-hybridized carbons (Fsp3) is 0.182. The van der Waals surface area contributed by atoms with E-state index in [1.807, 2.05) is 0 Å². The van der Waals surface area contributed by atoms with Crippen LogP contribution in [-0.4, -0.2) is 14.5 Å². The van der Waals surface area contributed by atoms with Crippen LogP contribution in [0.15, 0.2) is 120 Å². The summed E-state index contributed by atoms with van der Waals surface area (Å²) in [6, 6.07) is 40.9. The summed E-state index contributed by atoms with van der Waals surface area (Å²) in [5.41, 5.74) is 15.1. The van der Waals surface area contributed by atoms with Crippen LogP contribution in [0.5, 0.6) is 0 Å². The Morgan fingerprint density at radius 2 is 1.27 bits per heavy atom. The van der Waals surface area contributed by atoms with E-state index in [2.05, 4.69) is 161 Å². The molecule has 236 valence electrons. The van der Waals surface area contributed by atoms with Crippen molar-refractivity contribution in [2.45, 2.75) is 53.4 Å². The average Bonchev–Trinajstić information content (AvgIpc) is 3.66. The van der Waals surface area contributed by atoms with Crippen molar-refractivity contribution in [1.82, 2.24) is 14.5 Å². The topological polar surface area (TPSA) is 43.9 Å². The summed E-state index contributed by atoms with van der Waals surface area (Å²) in [7, 11) is 0. The fourth-order valence-corrected chi connectivity index (χ4v) is 7.26. The predicted molar refractivity (Wildman–Crippen MR) is 200 cm³/mol. The third-order valence-corrected chi connectivity index (χ3v) is 9.65. The van der Waals surface area contributed by atoms with Crippen LogP contribution in [0.2, 0.25) is 0 Å². The van der Waals surface area contributed by atoms with Crippen molar-refractivity contribution in [3.63, 3.8) is 0 Å². The number of nitrogens with zero attached hydrogens (tertiary/aromatic N) is 3. The van der Waals surface area contributed by atoms with Gasteiger partial charge in [0, 0.05) is 16.3 Å². The molecule has 4 heteroatoms. The third-order valence-electron chi connectivity index (χ3n) is 9.65. The van der Waals surface area contributed by atoms with Crippen molar-refractivity contribution in [3.05, 3.63) is 138 Å². The highest BCUT2D eigenvalue weighted by molar-refractivity contribution is 6.09. The van der Waals surface area contributed by atoms with E-state index in [0.29, 0.717) is 5.71 Å². The third kappa shape index (κ3) is 4.83. The predicted octanol–water partition coefficient (Wildman–Crippen LogP) is 12.2. The second kappa shape index (κ2) is 11.6. The largest absolute Gasteiger partial charge is 0.437 e. The molecule has 0 aliphatic rings. The standard InChI is InChI=1S/C44H39N3O/c1-26(2)35-24-31(30-16-8-7-9-17-30)25-36(27(3)4)41(35)47-39-21-11-10-20-37(39)45-43(47)34-19-13-18-32-33-22-23-38(46-44(33)48-42(32)34)40-28(5)14-12-15-29(40)6/h7-27H,1-6H3. The van der Waals surface area contributed by atoms with E-state index in [4.69, 9.17) is 14.4 Å². The van der Waals surface area contributed by atoms with Crippen LogP contribution in [0.4, 0.5) is 0 Å². The van der Waals surface area contributed by atoms with E-state index < -0.39 is 0 Å². The van der Waals surface area contributed by atoms with Gasteiger partial charge in [0.15, 0.2) is 0 Å². The Morgan fingerprint density at radius 3 is 1.98 bits per heavy atom. The molecule has 0 amide bonds. The number of aromatic nitrogens is 3. The Labute approximate surface area is 281 Å². The lowest BCUT2D eigenvalue weighted by Crippen LogP contribution is -2.09. The maximum atomic E-state index is 6.73. The highest BCUT2D eigenvalue weighted by Crippen LogP contribution is 2.42. The first kappa shape index (κ1) is 29.9. The zero-order chi connectivity index (χ0) is 33.1. The second-order valence-corrected chi connectivity index (χ2v) is 13.5. The van der Waals surface area contributed by atoms with Gasteiger partial charge in [-0.25, -0.2) is 9.97 Å². The number of imidazole rings is 1. The normalized spacial score (nSPS) is 11.9. The van der Waals surface area contributed by atoms with Gasteiger partial charge in [0.05, 0.1) is 28.0 Å². The Hall–Kier alpha value is -5.48. The molecule has 8 rings (SSSR count). The molecular weight excluding hydrogens is 587 g/mol. The quantitative estimate of drug-likeness (QED) is 0.185. The molecule has 0 spiro atoms. The monoisotopic (exact) mass is 625 g/mol. The van der Waals surface area contributed by atoms with E-state index >= 15 is 0 Å². The minimum Gasteiger partial charge on any atom is -0.437 e. The molecule has 0 radical (unpaired) electrons. The first-order valence-electron chi connectivity index (χ1n) is 16.9. The van der Waals surface area contributed by atoms with Gasteiger partial charge < -0.3 is 4.42 Å². The number of fused-ring (bicyclic) bond motifs is 4. The summed E-state index contributed by atoms with van der Waals surface area (Å²) in [6.45, 7) is 13.4. The van der Waals surface area contributed by atoms with E-state index in [1.165, 1.54) is 39.1 Å². The molecule has 3 heterocycles. The van der Waals surface area contributed by atoms with Crippen molar-refractivity contribution >= 4 is 33.1 Å². The molecule has 0 saturated carbocycles. The summed E-state index contributed by atoms with van der Waals surface area (Å²) in [4.78, 5) is 10.4. The van der Waals surface area contributed by atoms with Crippen LogP contribution in [0.25, 0.3) is 72.6 Å². The number of aryl methyl sites for hydroxylation is 2.